The minimum absolute atomic E-state index is 0.187. The van der Waals surface area contributed by atoms with Gasteiger partial charge < -0.3 is 5.32 Å². The third-order valence-electron chi connectivity index (χ3n) is 3.77. The lowest BCUT2D eigenvalue weighted by Crippen LogP contribution is -2.12. The van der Waals surface area contributed by atoms with Crippen LogP contribution in [0.4, 0.5) is 5.69 Å². The smallest absolute Gasteiger partial charge is 0.255 e. The fraction of sp³-hybridized carbons (Fsp3) is 0.111. The van der Waals surface area contributed by atoms with Crippen molar-refractivity contribution in [3.05, 3.63) is 70.4 Å². The second-order valence-electron chi connectivity index (χ2n) is 5.23. The molecule has 0 unspecified atom stereocenters. The molecule has 3 rings (SSSR count). The summed E-state index contributed by atoms with van der Waals surface area (Å²) in [5.74, 6) is -0.187. The van der Waals surface area contributed by atoms with Crippen LogP contribution in [0.1, 0.15) is 21.5 Å². The number of pyridine rings is 1. The Bertz CT molecular complexity index is 874. The maximum atomic E-state index is 12.4. The second-order valence-corrected chi connectivity index (χ2v) is 5.66. The number of hydrogen-bond acceptors (Lipinski definition) is 2. The maximum Gasteiger partial charge on any atom is 0.255 e. The van der Waals surface area contributed by atoms with Gasteiger partial charge in [-0.25, -0.2) is 0 Å². The molecule has 110 valence electrons. The quantitative estimate of drug-likeness (QED) is 0.741. The van der Waals surface area contributed by atoms with Crippen LogP contribution in [0.15, 0.2) is 48.7 Å². The van der Waals surface area contributed by atoms with Crippen molar-refractivity contribution in [1.29, 1.82) is 0 Å². The van der Waals surface area contributed by atoms with Crippen LogP contribution < -0.4 is 5.32 Å². The van der Waals surface area contributed by atoms with Crippen molar-refractivity contribution in [2.24, 2.45) is 0 Å². The molecule has 4 heteroatoms. The van der Waals surface area contributed by atoms with Crippen LogP contribution in [0.25, 0.3) is 10.9 Å². The normalized spacial score (nSPS) is 10.7. The summed E-state index contributed by atoms with van der Waals surface area (Å²) in [4.78, 5) is 16.8. The predicted octanol–water partition coefficient (Wildman–Crippen LogP) is 4.76. The number of rotatable bonds is 2. The summed E-state index contributed by atoms with van der Waals surface area (Å²) in [6.07, 6.45) is 1.71. The molecule has 0 saturated heterocycles. The van der Waals surface area contributed by atoms with Crippen molar-refractivity contribution in [3.63, 3.8) is 0 Å². The van der Waals surface area contributed by atoms with Crippen LogP contribution in [0, 0.1) is 13.8 Å². The number of nitrogens with one attached hydrogen (secondary N) is 1. The van der Waals surface area contributed by atoms with E-state index in [-0.39, 0.29) is 5.91 Å². The monoisotopic (exact) mass is 310 g/mol. The molecule has 22 heavy (non-hydrogen) atoms. The third-order valence-corrected chi connectivity index (χ3v) is 4.01. The number of nitrogens with zero attached hydrogens (tertiary/aromatic N) is 1. The highest BCUT2D eigenvalue weighted by molar-refractivity contribution is 6.31. The maximum absolute atomic E-state index is 12.4. The molecule has 1 aromatic heterocycles. The first-order chi connectivity index (χ1) is 10.6. The number of benzene rings is 2. The van der Waals surface area contributed by atoms with Crippen LogP contribution in [0.3, 0.4) is 0 Å². The van der Waals surface area contributed by atoms with Crippen molar-refractivity contribution in [2.75, 3.05) is 5.32 Å². The molecule has 3 aromatic rings. The number of fused-ring (bicyclic) bond motifs is 1. The lowest BCUT2D eigenvalue weighted by molar-refractivity contribution is 0.102. The number of carbonyl (C=O) groups excluding carboxylic acids is 1. The van der Waals surface area contributed by atoms with Crippen molar-refractivity contribution >= 4 is 34.1 Å². The van der Waals surface area contributed by atoms with Crippen LogP contribution >= 0.6 is 11.6 Å². The van der Waals surface area contributed by atoms with Gasteiger partial charge >= 0.3 is 0 Å². The van der Waals surface area contributed by atoms with Crippen LogP contribution in [-0.4, -0.2) is 10.9 Å². The standard InChI is InChI=1S/C18H15ClN2O/c1-11-6-7-15-16(8-9-20-17(15)12(11)2)21-18(22)13-4-3-5-14(19)10-13/h3-10H,1-2H3,(H,20,21,22). The summed E-state index contributed by atoms with van der Waals surface area (Å²) in [5.41, 5.74) is 4.48. The largest absolute Gasteiger partial charge is 0.321 e. The zero-order chi connectivity index (χ0) is 15.7. The molecule has 0 aliphatic rings. The molecule has 0 radical (unpaired) electrons. The molecule has 1 amide bonds. The van der Waals surface area contributed by atoms with Gasteiger partial charge in [0.05, 0.1) is 11.2 Å². The molecule has 0 fully saturated rings. The lowest BCUT2D eigenvalue weighted by atomic mass is 10.0. The molecule has 0 atom stereocenters. The predicted molar refractivity (Wildman–Crippen MR) is 90.6 cm³/mol. The van der Waals surface area contributed by atoms with Crippen LogP contribution in [-0.2, 0) is 0 Å². The van der Waals surface area contributed by atoms with Gasteiger partial charge in [0.1, 0.15) is 0 Å². The van der Waals surface area contributed by atoms with Gasteiger partial charge in [-0.05, 0) is 49.2 Å². The number of hydrogen-bond donors (Lipinski definition) is 1. The first-order valence-corrected chi connectivity index (χ1v) is 7.36. The fourth-order valence-corrected chi connectivity index (χ4v) is 2.58. The Morgan fingerprint density at radius 3 is 2.73 bits per heavy atom. The summed E-state index contributed by atoms with van der Waals surface area (Å²) < 4.78 is 0. The Kier molecular flexibility index (Phi) is 3.82. The summed E-state index contributed by atoms with van der Waals surface area (Å²) in [6, 6.07) is 12.7. The number of amides is 1. The molecule has 0 aliphatic carbocycles. The molecule has 0 bridgehead atoms. The molecule has 1 N–H and O–H groups in total. The number of aryl methyl sites for hydroxylation is 2. The first kappa shape index (κ1) is 14.5. The third kappa shape index (κ3) is 2.68. The van der Waals surface area contributed by atoms with Crippen molar-refractivity contribution in [1.82, 2.24) is 4.98 Å². The topological polar surface area (TPSA) is 42.0 Å². The SMILES string of the molecule is Cc1ccc2c(NC(=O)c3cccc(Cl)c3)ccnc2c1C. The summed E-state index contributed by atoms with van der Waals surface area (Å²) in [5, 5.41) is 4.41. The Morgan fingerprint density at radius 1 is 1.14 bits per heavy atom. The average Bonchev–Trinajstić information content (AvgIpc) is 2.51. The molecule has 3 nitrogen and oxygen atoms in total. The van der Waals surface area contributed by atoms with E-state index in [1.807, 2.05) is 26.0 Å². The van der Waals surface area contributed by atoms with Gasteiger partial charge in [-0.2, -0.15) is 0 Å². The van der Waals surface area contributed by atoms with Gasteiger partial charge in [0.15, 0.2) is 0 Å². The van der Waals surface area contributed by atoms with E-state index in [1.165, 1.54) is 5.56 Å². The zero-order valence-electron chi connectivity index (χ0n) is 12.4. The van der Waals surface area contributed by atoms with Gasteiger partial charge in [-0.1, -0.05) is 29.8 Å². The van der Waals surface area contributed by atoms with E-state index >= 15 is 0 Å². The lowest BCUT2D eigenvalue weighted by Gasteiger charge is -2.11. The minimum atomic E-state index is -0.187. The molecule has 0 aliphatic heterocycles. The molecule has 1 heterocycles. The number of halogens is 1. The highest BCUT2D eigenvalue weighted by Gasteiger charge is 2.10. The van der Waals surface area contributed by atoms with E-state index in [2.05, 4.69) is 10.3 Å². The Hall–Kier alpha value is -2.39. The van der Waals surface area contributed by atoms with Crippen molar-refractivity contribution in [3.8, 4) is 0 Å². The Labute approximate surface area is 133 Å². The van der Waals surface area contributed by atoms with Crippen molar-refractivity contribution in [2.45, 2.75) is 13.8 Å². The highest BCUT2D eigenvalue weighted by Crippen LogP contribution is 2.26. The van der Waals surface area contributed by atoms with Crippen LogP contribution in [0.5, 0.6) is 0 Å². The first-order valence-electron chi connectivity index (χ1n) is 6.98. The number of carbonyl (C=O) groups is 1. The van der Waals surface area contributed by atoms with Crippen LogP contribution in [0.2, 0.25) is 5.02 Å². The molecule has 0 spiro atoms. The van der Waals surface area contributed by atoms with E-state index in [9.17, 15) is 4.79 Å². The van der Waals surface area contributed by atoms with Gasteiger partial charge in [-0.15, -0.1) is 0 Å². The highest BCUT2D eigenvalue weighted by atomic mass is 35.5. The van der Waals surface area contributed by atoms with E-state index < -0.39 is 0 Å². The van der Waals surface area contributed by atoms with E-state index in [0.29, 0.717) is 10.6 Å². The number of anilines is 1. The molecular formula is C18H15ClN2O. The summed E-state index contributed by atoms with van der Waals surface area (Å²) >= 11 is 5.94. The molecule has 2 aromatic carbocycles. The summed E-state index contributed by atoms with van der Waals surface area (Å²) in [7, 11) is 0. The van der Waals surface area contributed by atoms with E-state index in [1.54, 1.807) is 36.5 Å². The van der Waals surface area contributed by atoms with Gasteiger partial charge in [0.2, 0.25) is 0 Å². The molecular weight excluding hydrogens is 296 g/mol. The average molecular weight is 311 g/mol. The Morgan fingerprint density at radius 2 is 1.95 bits per heavy atom. The number of aromatic nitrogens is 1. The van der Waals surface area contributed by atoms with E-state index in [0.717, 1.165) is 22.2 Å². The van der Waals surface area contributed by atoms with E-state index in [4.69, 9.17) is 11.6 Å². The Balaban J connectivity index is 2.01. The van der Waals surface area contributed by atoms with Gasteiger partial charge in [-0.3, -0.25) is 9.78 Å². The fourth-order valence-electron chi connectivity index (χ4n) is 2.39. The van der Waals surface area contributed by atoms with Crippen molar-refractivity contribution < 1.29 is 4.79 Å². The molecule has 0 saturated carbocycles. The zero-order valence-corrected chi connectivity index (χ0v) is 13.1. The van der Waals surface area contributed by atoms with Gasteiger partial charge in [0, 0.05) is 22.2 Å². The van der Waals surface area contributed by atoms with Gasteiger partial charge in [0.25, 0.3) is 5.91 Å². The summed E-state index contributed by atoms with van der Waals surface area (Å²) in [6.45, 7) is 4.08. The minimum Gasteiger partial charge on any atom is -0.321 e. The second kappa shape index (κ2) is 5.78.